The number of amides is 1. The molecule has 6 nitrogen and oxygen atoms in total. The molecule has 0 aromatic rings. The van der Waals surface area contributed by atoms with Crippen molar-refractivity contribution in [1.82, 2.24) is 5.32 Å². The van der Waals surface area contributed by atoms with E-state index in [0.717, 1.165) is 51.4 Å². The van der Waals surface area contributed by atoms with E-state index < -0.39 is 36.9 Å². The van der Waals surface area contributed by atoms with Gasteiger partial charge in [-0.25, -0.2) is 0 Å². The fourth-order valence-corrected chi connectivity index (χ4v) is 5.62. The molecule has 4 unspecified atom stereocenters. The topological polar surface area (TPSA) is 110 Å². The largest absolute Gasteiger partial charge is 0.394 e. The molecule has 0 fully saturated rings. The van der Waals surface area contributed by atoms with Crippen LogP contribution in [0, 0.1) is 0 Å². The highest BCUT2D eigenvalue weighted by Crippen LogP contribution is 2.15. The van der Waals surface area contributed by atoms with Crippen molar-refractivity contribution in [2.24, 2.45) is 0 Å². The van der Waals surface area contributed by atoms with Gasteiger partial charge in [-0.2, -0.15) is 0 Å². The normalized spacial score (nSPS) is 14.9. The van der Waals surface area contributed by atoms with Crippen molar-refractivity contribution in [1.29, 1.82) is 0 Å². The SMILES string of the molecule is C/C=C/CC/C=C/CC/C=C/CCCC(O)C(O)C(CO)NC(=O)C(O)CCCCCCCCCCCCCCCCCCC. The van der Waals surface area contributed by atoms with Gasteiger partial charge in [-0.05, 0) is 58.3 Å². The monoisotopic (exact) mass is 636 g/mol. The van der Waals surface area contributed by atoms with Gasteiger partial charge in [0.05, 0.1) is 18.8 Å². The van der Waals surface area contributed by atoms with Gasteiger partial charge in [0.1, 0.15) is 12.2 Å². The zero-order valence-corrected chi connectivity index (χ0v) is 29.4. The molecule has 264 valence electrons. The molecule has 0 aromatic carbocycles. The Morgan fingerprint density at radius 2 is 1.00 bits per heavy atom. The van der Waals surface area contributed by atoms with E-state index in [0.29, 0.717) is 19.3 Å². The third-order valence-corrected chi connectivity index (χ3v) is 8.65. The van der Waals surface area contributed by atoms with Gasteiger partial charge >= 0.3 is 0 Å². The summed E-state index contributed by atoms with van der Waals surface area (Å²) in [6.07, 6.45) is 37.5. The zero-order chi connectivity index (χ0) is 33.2. The van der Waals surface area contributed by atoms with E-state index >= 15 is 0 Å². The smallest absolute Gasteiger partial charge is 0.249 e. The molecular weight excluding hydrogens is 562 g/mol. The van der Waals surface area contributed by atoms with Gasteiger partial charge in [0.25, 0.3) is 0 Å². The van der Waals surface area contributed by atoms with Crippen LogP contribution in [-0.2, 0) is 4.79 Å². The number of allylic oxidation sites excluding steroid dienone is 6. The van der Waals surface area contributed by atoms with Crippen molar-refractivity contribution in [2.45, 2.75) is 199 Å². The molecule has 4 atom stereocenters. The summed E-state index contributed by atoms with van der Waals surface area (Å²) in [7, 11) is 0. The third kappa shape index (κ3) is 28.5. The minimum Gasteiger partial charge on any atom is -0.394 e. The van der Waals surface area contributed by atoms with Gasteiger partial charge < -0.3 is 25.7 Å². The number of unbranched alkanes of at least 4 members (excludes halogenated alkanes) is 19. The van der Waals surface area contributed by atoms with Crippen LogP contribution in [0.15, 0.2) is 36.5 Å². The van der Waals surface area contributed by atoms with E-state index in [9.17, 15) is 25.2 Å². The lowest BCUT2D eigenvalue weighted by Gasteiger charge is -2.27. The second-order valence-corrected chi connectivity index (χ2v) is 12.9. The first-order valence-corrected chi connectivity index (χ1v) is 18.8. The number of aliphatic hydroxyl groups excluding tert-OH is 4. The molecule has 0 saturated carbocycles. The number of hydrogen-bond acceptors (Lipinski definition) is 5. The van der Waals surface area contributed by atoms with Crippen molar-refractivity contribution in [3.8, 4) is 0 Å². The summed E-state index contributed by atoms with van der Waals surface area (Å²) in [6.45, 7) is 3.80. The molecule has 0 spiro atoms. The van der Waals surface area contributed by atoms with Crippen LogP contribution < -0.4 is 5.32 Å². The lowest BCUT2D eigenvalue weighted by molar-refractivity contribution is -0.132. The summed E-state index contributed by atoms with van der Waals surface area (Å²) in [4.78, 5) is 12.4. The Bertz CT molecular complexity index is 722. The molecule has 45 heavy (non-hydrogen) atoms. The number of aliphatic hydroxyl groups is 4. The Hall–Kier alpha value is -1.47. The van der Waals surface area contributed by atoms with Gasteiger partial charge in [-0.15, -0.1) is 0 Å². The van der Waals surface area contributed by atoms with E-state index in [1.54, 1.807) is 0 Å². The number of carbonyl (C=O) groups is 1. The van der Waals surface area contributed by atoms with E-state index in [-0.39, 0.29) is 0 Å². The van der Waals surface area contributed by atoms with Crippen LogP contribution in [0.3, 0.4) is 0 Å². The minimum absolute atomic E-state index is 0.361. The first-order valence-electron chi connectivity index (χ1n) is 18.8. The van der Waals surface area contributed by atoms with Crippen molar-refractivity contribution >= 4 is 5.91 Å². The van der Waals surface area contributed by atoms with E-state index in [4.69, 9.17) is 0 Å². The summed E-state index contributed by atoms with van der Waals surface area (Å²) in [5, 5.41) is 43.4. The van der Waals surface area contributed by atoms with Crippen LogP contribution in [0.25, 0.3) is 0 Å². The van der Waals surface area contributed by atoms with Crippen LogP contribution in [-0.4, -0.2) is 57.3 Å². The van der Waals surface area contributed by atoms with Crippen molar-refractivity contribution in [2.75, 3.05) is 6.61 Å². The lowest BCUT2D eigenvalue weighted by atomic mass is 10.00. The highest BCUT2D eigenvalue weighted by Gasteiger charge is 2.28. The molecule has 0 aliphatic rings. The molecule has 0 rings (SSSR count). The molecule has 0 aliphatic carbocycles. The summed E-state index contributed by atoms with van der Waals surface area (Å²) in [6, 6.07) is -1.01. The van der Waals surface area contributed by atoms with Crippen LogP contribution in [0.1, 0.15) is 174 Å². The first kappa shape index (κ1) is 43.5. The summed E-state index contributed by atoms with van der Waals surface area (Å²) >= 11 is 0. The quantitative estimate of drug-likeness (QED) is 0.0365. The highest BCUT2D eigenvalue weighted by molar-refractivity contribution is 5.80. The van der Waals surface area contributed by atoms with E-state index in [1.165, 1.54) is 89.9 Å². The summed E-state index contributed by atoms with van der Waals surface area (Å²) in [5.41, 5.74) is 0. The number of rotatable bonds is 33. The van der Waals surface area contributed by atoms with Gasteiger partial charge in [0, 0.05) is 0 Å². The number of carbonyl (C=O) groups excluding carboxylic acids is 1. The predicted molar refractivity (Wildman–Crippen MR) is 191 cm³/mol. The third-order valence-electron chi connectivity index (χ3n) is 8.65. The second kappa shape index (κ2) is 33.9. The average molecular weight is 636 g/mol. The fourth-order valence-electron chi connectivity index (χ4n) is 5.62. The molecule has 0 aromatic heterocycles. The maximum absolute atomic E-state index is 12.4. The Kier molecular flexibility index (Phi) is 32.8. The molecule has 1 amide bonds. The highest BCUT2D eigenvalue weighted by atomic mass is 16.3. The van der Waals surface area contributed by atoms with Gasteiger partial charge in [0.15, 0.2) is 0 Å². The molecule has 0 saturated heterocycles. The molecule has 0 radical (unpaired) electrons. The van der Waals surface area contributed by atoms with Gasteiger partial charge in [0.2, 0.25) is 5.91 Å². The van der Waals surface area contributed by atoms with Crippen molar-refractivity contribution in [3.05, 3.63) is 36.5 Å². The average Bonchev–Trinajstić information content (AvgIpc) is 3.04. The Morgan fingerprint density at radius 3 is 1.44 bits per heavy atom. The van der Waals surface area contributed by atoms with Gasteiger partial charge in [-0.1, -0.05) is 153 Å². The second-order valence-electron chi connectivity index (χ2n) is 12.9. The van der Waals surface area contributed by atoms with Crippen LogP contribution >= 0.6 is 0 Å². The minimum atomic E-state index is -1.29. The van der Waals surface area contributed by atoms with E-state index in [1.807, 2.05) is 6.92 Å². The molecule has 5 N–H and O–H groups in total. The fraction of sp³-hybridized carbons (Fsp3) is 0.821. The molecule has 6 heteroatoms. The zero-order valence-electron chi connectivity index (χ0n) is 29.4. The van der Waals surface area contributed by atoms with E-state index in [2.05, 4.69) is 48.7 Å². The number of nitrogens with one attached hydrogen (secondary N) is 1. The van der Waals surface area contributed by atoms with Crippen LogP contribution in [0.2, 0.25) is 0 Å². The predicted octanol–water partition coefficient (Wildman–Crippen LogP) is 9.01. The lowest BCUT2D eigenvalue weighted by Crippen LogP contribution is -2.53. The van der Waals surface area contributed by atoms with Crippen molar-refractivity contribution in [3.63, 3.8) is 0 Å². The molecule has 0 heterocycles. The Morgan fingerprint density at radius 1 is 0.578 bits per heavy atom. The Labute approximate surface area is 277 Å². The summed E-state index contributed by atoms with van der Waals surface area (Å²) in [5.74, 6) is -0.601. The first-order chi connectivity index (χ1) is 22.0. The van der Waals surface area contributed by atoms with Gasteiger partial charge in [-0.3, -0.25) is 4.79 Å². The standard InChI is InChI=1S/C39H73NO5/c1-3-5-7-9-11-13-15-17-18-19-20-21-23-25-27-29-31-33-37(43)39(45)40-35(34-41)38(44)36(42)32-30-28-26-24-22-16-14-12-10-8-6-4-2/h4,6,12,14,24,26,35-38,41-44H,3,5,7-11,13,15-23,25,27-34H2,1-2H3,(H,40,45)/b6-4+,14-12+,26-24+. The molecule has 0 bridgehead atoms. The summed E-state index contributed by atoms with van der Waals surface area (Å²) < 4.78 is 0. The number of hydrogen-bond donors (Lipinski definition) is 5. The maximum atomic E-state index is 12.4. The van der Waals surface area contributed by atoms with Crippen molar-refractivity contribution < 1.29 is 25.2 Å². The molecule has 0 aliphatic heterocycles. The maximum Gasteiger partial charge on any atom is 0.249 e. The van der Waals surface area contributed by atoms with Crippen LogP contribution in [0.4, 0.5) is 0 Å². The Balaban J connectivity index is 3.83. The van der Waals surface area contributed by atoms with Crippen LogP contribution in [0.5, 0.6) is 0 Å². The molecular formula is C39H73NO5.